The van der Waals surface area contributed by atoms with E-state index >= 15 is 0 Å². The van der Waals surface area contributed by atoms with Gasteiger partial charge in [-0.25, -0.2) is 9.59 Å². The van der Waals surface area contributed by atoms with Gasteiger partial charge in [0, 0.05) is 21.4 Å². The molecule has 0 unspecified atom stereocenters. The van der Waals surface area contributed by atoms with Gasteiger partial charge in [0.1, 0.15) is 0 Å². The molecule has 3 rings (SSSR count). The molecule has 3 amide bonds. The second-order valence-corrected chi connectivity index (χ2v) is 11.2. The first-order valence-corrected chi connectivity index (χ1v) is 13.2. The van der Waals surface area contributed by atoms with E-state index in [0.29, 0.717) is 11.3 Å². The van der Waals surface area contributed by atoms with Gasteiger partial charge in [0.25, 0.3) is 5.91 Å². The Morgan fingerprint density at radius 2 is 1.54 bits per heavy atom. The lowest BCUT2D eigenvalue weighted by atomic mass is 9.87. The summed E-state index contributed by atoms with van der Waals surface area (Å²) in [4.78, 5) is 37.8. The summed E-state index contributed by atoms with van der Waals surface area (Å²) in [6, 6.07) is 15.8. The summed E-state index contributed by atoms with van der Waals surface area (Å²) >= 11 is 3.06. The molecule has 0 aliphatic rings. The number of carbonyl (C=O) groups is 3. The van der Waals surface area contributed by atoms with Crippen molar-refractivity contribution in [1.29, 1.82) is 0 Å². The van der Waals surface area contributed by atoms with Crippen molar-refractivity contribution in [2.24, 2.45) is 0 Å². The third-order valence-electron chi connectivity index (χ3n) is 6.06. The summed E-state index contributed by atoms with van der Waals surface area (Å²) in [5, 5.41) is 23.0. The normalized spacial score (nSPS) is 12.4. The van der Waals surface area contributed by atoms with Crippen LogP contribution >= 0.6 is 15.9 Å². The van der Waals surface area contributed by atoms with Gasteiger partial charge in [-0.15, -0.1) is 0 Å². The van der Waals surface area contributed by atoms with Crippen LogP contribution in [0.1, 0.15) is 47.8 Å². The Labute approximate surface area is 243 Å². The van der Waals surface area contributed by atoms with Gasteiger partial charge in [-0.1, -0.05) is 61.0 Å². The molecule has 3 aromatic carbocycles. The number of carbonyl (C=O) groups excluding carboxylic acids is 2. The predicted molar refractivity (Wildman–Crippen MR) is 152 cm³/mol. The van der Waals surface area contributed by atoms with Gasteiger partial charge in [-0.3, -0.25) is 9.69 Å². The fraction of sp³-hybridized carbons (Fsp3) is 0.276. The smallest absolute Gasteiger partial charge is 0.416 e. The lowest BCUT2D eigenvalue weighted by Gasteiger charge is -2.25. The van der Waals surface area contributed by atoms with Crippen LogP contribution in [-0.4, -0.2) is 40.8 Å². The third-order valence-corrected chi connectivity index (χ3v) is 6.52. The summed E-state index contributed by atoms with van der Waals surface area (Å²) < 4.78 is 40.1. The van der Waals surface area contributed by atoms with E-state index in [0.717, 1.165) is 17.7 Å². The number of rotatable bonds is 8. The minimum absolute atomic E-state index is 0.0143. The zero-order chi connectivity index (χ0) is 30.5. The van der Waals surface area contributed by atoms with Crippen LogP contribution < -0.4 is 15.5 Å². The Morgan fingerprint density at radius 3 is 2.07 bits per heavy atom. The number of aliphatic carboxylic acids is 1. The molecule has 12 heteroatoms. The molecule has 1 atom stereocenters. The number of amides is 3. The second-order valence-electron chi connectivity index (χ2n) is 10.3. The average Bonchev–Trinajstić information content (AvgIpc) is 2.89. The van der Waals surface area contributed by atoms with Crippen LogP contribution in [0.4, 0.5) is 29.3 Å². The highest BCUT2D eigenvalue weighted by atomic mass is 79.9. The van der Waals surface area contributed by atoms with Crippen LogP contribution in [0.25, 0.3) is 0 Å². The number of anilines is 2. The number of nitrogens with one attached hydrogen (secondary N) is 2. The molecule has 0 radical (unpaired) electrons. The number of hydrogen-bond donors (Lipinski definition) is 4. The fourth-order valence-corrected chi connectivity index (χ4v) is 4.25. The van der Waals surface area contributed by atoms with Crippen molar-refractivity contribution in [3.05, 3.63) is 93.5 Å². The molecule has 0 aromatic heterocycles. The van der Waals surface area contributed by atoms with E-state index in [1.165, 1.54) is 23.1 Å². The Hall–Kier alpha value is -3.90. The Bertz CT molecular complexity index is 1410. The van der Waals surface area contributed by atoms with Crippen molar-refractivity contribution in [3.8, 4) is 0 Å². The molecule has 0 heterocycles. The topological polar surface area (TPSA) is 119 Å². The molecular formula is C29H29BrF3N3O5. The van der Waals surface area contributed by atoms with Crippen LogP contribution in [0.3, 0.4) is 0 Å². The number of alkyl halides is 3. The number of aliphatic hydroxyl groups excluding tert-OH is 1. The number of hydrogen-bond acceptors (Lipinski definition) is 4. The van der Waals surface area contributed by atoms with E-state index < -0.39 is 42.3 Å². The molecule has 0 aliphatic heterocycles. The molecule has 0 bridgehead atoms. The zero-order valence-corrected chi connectivity index (χ0v) is 24.0. The summed E-state index contributed by atoms with van der Waals surface area (Å²) in [5.74, 6) is -2.06. The minimum atomic E-state index is -4.61. The van der Waals surface area contributed by atoms with Gasteiger partial charge in [-0.05, 0) is 59.0 Å². The molecular weight excluding hydrogens is 607 g/mol. The monoisotopic (exact) mass is 635 g/mol. The first kappa shape index (κ1) is 31.6. The van der Waals surface area contributed by atoms with Crippen molar-refractivity contribution in [3.63, 3.8) is 0 Å². The molecule has 0 saturated heterocycles. The maximum Gasteiger partial charge on any atom is 0.416 e. The van der Waals surface area contributed by atoms with Crippen LogP contribution in [0.15, 0.2) is 71.2 Å². The number of halogens is 4. The van der Waals surface area contributed by atoms with Gasteiger partial charge < -0.3 is 20.8 Å². The quantitative estimate of drug-likeness (QED) is 0.236. The number of benzene rings is 3. The lowest BCUT2D eigenvalue weighted by molar-refractivity contribution is -0.146. The van der Waals surface area contributed by atoms with Crippen molar-refractivity contribution >= 4 is 45.2 Å². The minimum Gasteiger partial charge on any atom is -0.479 e. The number of nitrogens with zero attached hydrogens (tertiary/aromatic N) is 1. The molecule has 0 spiro atoms. The maximum absolute atomic E-state index is 13.4. The third kappa shape index (κ3) is 8.79. The highest BCUT2D eigenvalue weighted by Crippen LogP contribution is 2.34. The molecule has 0 fully saturated rings. The molecule has 41 heavy (non-hydrogen) atoms. The number of carboxylic acid groups (broad SMARTS) is 1. The predicted octanol–water partition coefficient (Wildman–Crippen LogP) is 6.18. The molecule has 0 aliphatic carbocycles. The molecule has 0 saturated carbocycles. The summed E-state index contributed by atoms with van der Waals surface area (Å²) in [7, 11) is 0. The molecule has 8 nitrogen and oxygen atoms in total. The van der Waals surface area contributed by atoms with Gasteiger partial charge in [0.15, 0.2) is 6.10 Å². The van der Waals surface area contributed by atoms with Crippen molar-refractivity contribution in [1.82, 2.24) is 5.32 Å². The fourth-order valence-electron chi connectivity index (χ4n) is 3.76. The van der Waals surface area contributed by atoms with Gasteiger partial charge in [-0.2, -0.15) is 13.2 Å². The summed E-state index contributed by atoms with van der Waals surface area (Å²) in [6.45, 7) is 5.66. The Morgan fingerprint density at radius 1 is 0.927 bits per heavy atom. The Kier molecular flexibility index (Phi) is 9.82. The first-order valence-electron chi connectivity index (χ1n) is 12.4. The van der Waals surface area contributed by atoms with E-state index in [9.17, 15) is 32.7 Å². The number of carboxylic acids is 1. The van der Waals surface area contributed by atoms with Crippen LogP contribution in [0, 0.1) is 0 Å². The first-order chi connectivity index (χ1) is 19.0. The van der Waals surface area contributed by atoms with E-state index in [2.05, 4.69) is 26.6 Å². The largest absolute Gasteiger partial charge is 0.479 e. The SMILES string of the molecule is CC(C)(C)c1ccc(N(Cc2ccc(C(=O)NC[C@@H](O)C(=O)O)cc2)C(=O)Nc2cc(Br)cc(C(F)(F)F)c2)cc1. The lowest BCUT2D eigenvalue weighted by Crippen LogP contribution is -2.36. The average molecular weight is 636 g/mol. The van der Waals surface area contributed by atoms with Crippen LogP contribution in [-0.2, 0) is 22.9 Å². The van der Waals surface area contributed by atoms with Gasteiger partial charge in [0.05, 0.1) is 18.7 Å². The van der Waals surface area contributed by atoms with E-state index in [1.807, 2.05) is 32.9 Å². The van der Waals surface area contributed by atoms with Crippen LogP contribution in [0.2, 0.25) is 0 Å². The van der Waals surface area contributed by atoms with Gasteiger partial charge >= 0.3 is 18.2 Å². The van der Waals surface area contributed by atoms with Crippen molar-refractivity contribution in [2.75, 3.05) is 16.8 Å². The van der Waals surface area contributed by atoms with Crippen molar-refractivity contribution < 1.29 is 37.8 Å². The Balaban J connectivity index is 1.87. The summed E-state index contributed by atoms with van der Waals surface area (Å²) in [5.41, 5.74) is 1.19. The van der Waals surface area contributed by atoms with E-state index in [4.69, 9.17) is 5.11 Å². The standard InChI is InChI=1S/C29H29BrF3N3O5/c1-28(2,3)19-8-10-23(11-9-19)36(27(41)35-22-13-20(29(31,32)33)12-21(30)14-22)16-17-4-6-18(7-5-17)25(38)34-15-24(37)26(39)40/h4-14,24,37H,15-16H2,1-3H3,(H,34,38)(H,35,41)(H,39,40)/t24-/m1/s1. The zero-order valence-electron chi connectivity index (χ0n) is 22.4. The molecule has 4 N–H and O–H groups in total. The molecule has 3 aromatic rings. The number of urea groups is 1. The number of aliphatic hydroxyl groups is 1. The van der Waals surface area contributed by atoms with Crippen LogP contribution in [0.5, 0.6) is 0 Å². The summed E-state index contributed by atoms with van der Waals surface area (Å²) in [6.07, 6.45) is -6.35. The highest BCUT2D eigenvalue weighted by Gasteiger charge is 2.31. The van der Waals surface area contributed by atoms with E-state index in [1.54, 1.807) is 24.3 Å². The second kappa shape index (κ2) is 12.7. The molecule has 218 valence electrons. The highest BCUT2D eigenvalue weighted by molar-refractivity contribution is 9.10. The van der Waals surface area contributed by atoms with Gasteiger partial charge in [0.2, 0.25) is 0 Å². The maximum atomic E-state index is 13.4. The van der Waals surface area contributed by atoms with E-state index in [-0.39, 0.29) is 27.7 Å². The van der Waals surface area contributed by atoms with Crippen molar-refractivity contribution in [2.45, 2.75) is 45.0 Å².